The van der Waals surface area contributed by atoms with E-state index in [1.807, 2.05) is 19.0 Å². The second-order valence-corrected chi connectivity index (χ2v) is 8.28. The number of carbonyl (C=O) groups excluding carboxylic acids is 2. The van der Waals surface area contributed by atoms with E-state index < -0.39 is 18.4 Å². The smallest absolute Gasteiger partial charge is 0.378 e. The van der Waals surface area contributed by atoms with Crippen molar-refractivity contribution in [2.24, 2.45) is 5.73 Å². The summed E-state index contributed by atoms with van der Waals surface area (Å²) in [6, 6.07) is 0.107. The van der Waals surface area contributed by atoms with Crippen molar-refractivity contribution in [1.82, 2.24) is 25.5 Å². The fourth-order valence-corrected chi connectivity index (χ4v) is 3.68. The Balaban J connectivity index is 1.74. The highest BCUT2D eigenvalue weighted by molar-refractivity contribution is 14.1. The number of nitrogens with zero attached hydrogens (tertiary/aromatic N) is 4. The first-order valence-electron chi connectivity index (χ1n) is 10.4. The van der Waals surface area contributed by atoms with Crippen LogP contribution in [0, 0.1) is 0 Å². The van der Waals surface area contributed by atoms with Crippen LogP contribution in [0.2, 0.25) is 0 Å². The Morgan fingerprint density at radius 1 is 1.45 bits per heavy atom. The molecule has 2 aliphatic rings. The molecule has 2 atom stereocenters. The first kappa shape index (κ1) is 23.9. The number of nitrogens with one attached hydrogen (secondary N) is 2. The molecule has 1 aliphatic carbocycles. The summed E-state index contributed by atoms with van der Waals surface area (Å²) in [5.74, 6) is 0.625. The van der Waals surface area contributed by atoms with Crippen LogP contribution in [-0.2, 0) is 19.0 Å². The number of hydrogen-bond acceptors (Lipinski definition) is 9. The topological polar surface area (TPSA) is 135 Å². The van der Waals surface area contributed by atoms with Crippen molar-refractivity contribution in [3.8, 4) is 0 Å². The highest BCUT2D eigenvalue weighted by atomic mass is 127. The molecule has 2 fully saturated rings. The Bertz CT molecular complexity index is 772. The Hall–Kier alpha value is -1.77. The van der Waals surface area contributed by atoms with Crippen LogP contribution in [0.25, 0.3) is 0 Å². The van der Waals surface area contributed by atoms with Gasteiger partial charge in [-0.1, -0.05) is 0 Å². The average molecular weight is 547 g/mol. The van der Waals surface area contributed by atoms with Gasteiger partial charge in [0.15, 0.2) is 23.0 Å². The van der Waals surface area contributed by atoms with E-state index >= 15 is 0 Å². The van der Waals surface area contributed by atoms with Gasteiger partial charge in [-0.25, -0.2) is 14.8 Å². The van der Waals surface area contributed by atoms with E-state index in [1.54, 1.807) is 11.1 Å². The largest absolute Gasteiger partial charge is 0.416 e. The standard InChI is InChI=1S/C19H30IN7O4/c1-26(2)17-13(4-3-7-23-19(29)31-20)25-14(10-24-17)16(21)27(12-5-6-12)18(28)15-11-22-8-9-30-15/h10,12,15-16,22H,3-9,11,21H2,1-2H3,(H,23,29)/t15-,16+/m1/s1. The van der Waals surface area contributed by atoms with Gasteiger partial charge in [-0.2, -0.15) is 0 Å². The molecule has 1 saturated heterocycles. The Morgan fingerprint density at radius 3 is 2.84 bits per heavy atom. The van der Waals surface area contributed by atoms with Gasteiger partial charge in [0.1, 0.15) is 18.1 Å². The van der Waals surface area contributed by atoms with Crippen molar-refractivity contribution in [3.63, 3.8) is 0 Å². The molecule has 0 aromatic carbocycles. The summed E-state index contributed by atoms with van der Waals surface area (Å²) in [5.41, 5.74) is 7.84. The van der Waals surface area contributed by atoms with Gasteiger partial charge in [0.05, 0.1) is 24.2 Å². The van der Waals surface area contributed by atoms with Crippen LogP contribution >= 0.6 is 23.0 Å². The fourth-order valence-electron chi connectivity index (χ4n) is 3.52. The van der Waals surface area contributed by atoms with E-state index in [0.717, 1.165) is 30.9 Å². The third kappa shape index (κ3) is 6.37. The van der Waals surface area contributed by atoms with Gasteiger partial charge >= 0.3 is 6.09 Å². The summed E-state index contributed by atoms with van der Waals surface area (Å²) < 4.78 is 10.2. The number of halogens is 1. The van der Waals surface area contributed by atoms with Crippen molar-refractivity contribution >= 4 is 40.8 Å². The monoisotopic (exact) mass is 547 g/mol. The first-order chi connectivity index (χ1) is 14.9. The fraction of sp³-hybridized carbons (Fsp3) is 0.684. The minimum atomic E-state index is -0.694. The van der Waals surface area contributed by atoms with Gasteiger partial charge in [0, 0.05) is 39.8 Å². The quantitative estimate of drug-likeness (QED) is 0.229. The van der Waals surface area contributed by atoms with Gasteiger partial charge in [0.25, 0.3) is 5.91 Å². The predicted molar refractivity (Wildman–Crippen MR) is 123 cm³/mol. The molecule has 1 saturated carbocycles. The maximum absolute atomic E-state index is 13.1. The minimum absolute atomic E-state index is 0.107. The van der Waals surface area contributed by atoms with Crippen molar-refractivity contribution < 1.29 is 17.4 Å². The van der Waals surface area contributed by atoms with Gasteiger partial charge in [-0.05, 0) is 25.7 Å². The lowest BCUT2D eigenvalue weighted by Crippen LogP contribution is -2.52. The molecule has 12 heteroatoms. The molecule has 1 aromatic heterocycles. The Kier molecular flexibility index (Phi) is 8.63. The van der Waals surface area contributed by atoms with E-state index in [2.05, 4.69) is 18.7 Å². The van der Waals surface area contributed by atoms with Crippen LogP contribution in [0.5, 0.6) is 0 Å². The summed E-state index contributed by atoms with van der Waals surface area (Å²) in [4.78, 5) is 37.3. The van der Waals surface area contributed by atoms with Crippen LogP contribution in [0.1, 0.15) is 36.8 Å². The summed E-state index contributed by atoms with van der Waals surface area (Å²) in [7, 11) is 3.79. The molecule has 172 valence electrons. The number of ether oxygens (including phenoxy) is 1. The number of aryl methyl sites for hydroxylation is 1. The third-order valence-electron chi connectivity index (χ3n) is 5.20. The Labute approximate surface area is 196 Å². The molecule has 31 heavy (non-hydrogen) atoms. The van der Waals surface area contributed by atoms with E-state index in [0.29, 0.717) is 38.2 Å². The molecule has 0 spiro atoms. The SMILES string of the molecule is CN(C)c1ncc([C@@H](N)N(C(=O)[C@H]2CNCCO2)C2CC2)nc1CCCNC(=O)OI. The summed E-state index contributed by atoms with van der Waals surface area (Å²) in [6.45, 7) is 2.18. The number of nitrogens with two attached hydrogens (primary N) is 1. The number of carbonyl (C=O) groups is 2. The lowest BCUT2D eigenvalue weighted by Gasteiger charge is -2.33. The number of anilines is 1. The second-order valence-electron chi connectivity index (χ2n) is 7.84. The van der Waals surface area contributed by atoms with E-state index in [9.17, 15) is 9.59 Å². The van der Waals surface area contributed by atoms with Gasteiger partial charge in [-0.15, -0.1) is 0 Å². The summed E-state index contributed by atoms with van der Waals surface area (Å²) >= 11 is 1.54. The van der Waals surface area contributed by atoms with E-state index in [4.69, 9.17) is 15.5 Å². The molecule has 0 unspecified atom stereocenters. The highest BCUT2D eigenvalue weighted by Crippen LogP contribution is 2.33. The normalized spacial score (nSPS) is 19.4. The number of amides is 2. The lowest BCUT2D eigenvalue weighted by molar-refractivity contribution is -0.148. The molecule has 1 aromatic rings. The first-order valence-corrected chi connectivity index (χ1v) is 11.3. The summed E-state index contributed by atoms with van der Waals surface area (Å²) in [6.07, 6.45) is 3.04. The van der Waals surface area contributed by atoms with E-state index in [1.165, 1.54) is 23.0 Å². The van der Waals surface area contributed by atoms with Crippen LogP contribution in [0.3, 0.4) is 0 Å². The van der Waals surface area contributed by atoms with Crippen molar-refractivity contribution in [2.45, 2.75) is 44.0 Å². The maximum atomic E-state index is 13.1. The predicted octanol–water partition coefficient (Wildman–Crippen LogP) is 0.488. The van der Waals surface area contributed by atoms with Crippen molar-refractivity contribution in [1.29, 1.82) is 0 Å². The second kappa shape index (κ2) is 11.2. The van der Waals surface area contributed by atoms with Crippen LogP contribution in [0.4, 0.5) is 10.6 Å². The van der Waals surface area contributed by atoms with E-state index in [-0.39, 0.29) is 11.9 Å². The van der Waals surface area contributed by atoms with Gasteiger partial charge in [0.2, 0.25) is 0 Å². The number of hydrogen-bond donors (Lipinski definition) is 3. The Morgan fingerprint density at radius 2 is 2.23 bits per heavy atom. The minimum Gasteiger partial charge on any atom is -0.378 e. The molecule has 2 amide bonds. The van der Waals surface area contributed by atoms with Crippen LogP contribution in [0.15, 0.2) is 6.20 Å². The molecule has 11 nitrogen and oxygen atoms in total. The summed E-state index contributed by atoms with van der Waals surface area (Å²) in [5, 5.41) is 5.85. The zero-order chi connectivity index (χ0) is 22.4. The number of aromatic nitrogens is 2. The zero-order valence-corrected chi connectivity index (χ0v) is 20.0. The third-order valence-corrected chi connectivity index (χ3v) is 5.60. The average Bonchev–Trinajstić information content (AvgIpc) is 3.61. The molecular weight excluding hydrogens is 517 g/mol. The van der Waals surface area contributed by atoms with Crippen molar-refractivity contribution in [2.75, 3.05) is 45.2 Å². The van der Waals surface area contributed by atoms with Crippen molar-refractivity contribution in [3.05, 3.63) is 17.6 Å². The van der Waals surface area contributed by atoms with Crippen LogP contribution in [-0.4, -0.2) is 79.4 Å². The zero-order valence-electron chi connectivity index (χ0n) is 17.8. The van der Waals surface area contributed by atoms with Crippen LogP contribution < -0.4 is 21.3 Å². The number of rotatable bonds is 9. The molecule has 2 heterocycles. The molecular formula is C19H30IN7O4. The molecule has 3 rings (SSSR count). The molecule has 4 N–H and O–H groups in total. The maximum Gasteiger partial charge on any atom is 0.416 e. The molecule has 1 aliphatic heterocycles. The molecule has 0 radical (unpaired) electrons. The van der Waals surface area contributed by atoms with Gasteiger partial charge < -0.3 is 34.0 Å². The lowest BCUT2D eigenvalue weighted by atomic mass is 10.2. The molecule has 0 bridgehead atoms. The highest BCUT2D eigenvalue weighted by Gasteiger charge is 2.41. The number of morpholine rings is 1. The van der Waals surface area contributed by atoms with Gasteiger partial charge in [-0.3, -0.25) is 4.79 Å².